The first-order chi connectivity index (χ1) is 18.5. The lowest BCUT2D eigenvalue weighted by Gasteiger charge is -2.27. The highest BCUT2D eigenvalue weighted by Crippen LogP contribution is 2.30. The summed E-state index contributed by atoms with van der Waals surface area (Å²) in [6.07, 6.45) is 0. The molecule has 0 radical (unpaired) electrons. The van der Waals surface area contributed by atoms with E-state index in [1.807, 2.05) is 56.3 Å². The zero-order chi connectivity index (χ0) is 28.2. The summed E-state index contributed by atoms with van der Waals surface area (Å²) in [6.45, 7) is 10.4. The number of carbonyl (C=O) groups excluding carboxylic acids is 1. The summed E-state index contributed by atoms with van der Waals surface area (Å²) < 4.78 is 29.3. The van der Waals surface area contributed by atoms with Crippen LogP contribution in [0.15, 0.2) is 108 Å². The molecule has 0 aromatic heterocycles. The molecule has 1 N–H and O–H groups in total. The number of para-hydroxylation sites is 1. The van der Waals surface area contributed by atoms with Gasteiger partial charge in [-0.1, -0.05) is 105 Å². The molecule has 0 saturated carbocycles. The Morgan fingerprint density at radius 3 is 2.03 bits per heavy atom. The molecule has 0 aliphatic heterocycles. The van der Waals surface area contributed by atoms with Gasteiger partial charge in [-0.2, -0.15) is 0 Å². The average Bonchev–Trinajstić information content (AvgIpc) is 2.92. The summed E-state index contributed by atoms with van der Waals surface area (Å²) >= 11 is 0. The van der Waals surface area contributed by atoms with Crippen molar-refractivity contribution in [3.8, 4) is 0 Å². The molecule has 0 unspecified atom stereocenters. The van der Waals surface area contributed by atoms with Gasteiger partial charge in [-0.3, -0.25) is 9.10 Å². The largest absolute Gasteiger partial charge is 0.345 e. The number of hydrogen-bond acceptors (Lipinski definition) is 3. The van der Waals surface area contributed by atoms with Crippen molar-refractivity contribution in [2.45, 2.75) is 57.5 Å². The van der Waals surface area contributed by atoms with Crippen molar-refractivity contribution in [3.05, 3.63) is 131 Å². The van der Waals surface area contributed by atoms with E-state index >= 15 is 0 Å². The monoisotopic (exact) mass is 540 g/mol. The Kier molecular flexibility index (Phi) is 8.26. The Bertz CT molecular complexity index is 1520. The van der Waals surface area contributed by atoms with Crippen LogP contribution in [0.1, 0.15) is 66.3 Å². The molecule has 0 aliphatic carbocycles. The van der Waals surface area contributed by atoms with E-state index in [-0.39, 0.29) is 28.8 Å². The fourth-order valence-electron chi connectivity index (χ4n) is 4.40. The van der Waals surface area contributed by atoms with E-state index in [9.17, 15) is 13.2 Å². The average molecular weight is 541 g/mol. The van der Waals surface area contributed by atoms with Crippen LogP contribution in [0.3, 0.4) is 0 Å². The lowest BCUT2D eigenvalue weighted by atomic mass is 9.86. The third-order valence-electron chi connectivity index (χ3n) is 6.82. The van der Waals surface area contributed by atoms with Crippen LogP contribution < -0.4 is 9.62 Å². The summed E-state index contributed by atoms with van der Waals surface area (Å²) in [6, 6.07) is 31.0. The summed E-state index contributed by atoms with van der Waals surface area (Å²) in [5.74, 6) is -0.338. The molecule has 0 spiro atoms. The smallest absolute Gasteiger partial charge is 0.264 e. The van der Waals surface area contributed by atoms with E-state index < -0.39 is 10.0 Å². The van der Waals surface area contributed by atoms with Crippen molar-refractivity contribution in [1.82, 2.24) is 5.32 Å². The first kappa shape index (κ1) is 28.1. The van der Waals surface area contributed by atoms with Crippen molar-refractivity contribution in [3.63, 3.8) is 0 Å². The first-order valence-corrected chi connectivity index (χ1v) is 14.5. The van der Waals surface area contributed by atoms with Crippen LogP contribution in [-0.2, 0) is 22.0 Å². The molecule has 0 aliphatic rings. The van der Waals surface area contributed by atoms with Gasteiger partial charge in [0, 0.05) is 0 Å². The van der Waals surface area contributed by atoms with Crippen molar-refractivity contribution < 1.29 is 13.2 Å². The normalized spacial score (nSPS) is 12.5. The second-order valence-electron chi connectivity index (χ2n) is 10.9. The van der Waals surface area contributed by atoms with E-state index in [1.165, 1.54) is 9.87 Å². The molecule has 0 heterocycles. The first-order valence-electron chi connectivity index (χ1n) is 13.1. The van der Waals surface area contributed by atoms with Gasteiger partial charge in [0.25, 0.3) is 15.9 Å². The number of nitrogens with one attached hydrogen (secondary N) is 1. The maximum atomic E-state index is 14.0. The van der Waals surface area contributed by atoms with Crippen molar-refractivity contribution in [1.29, 1.82) is 0 Å². The molecular weight excluding hydrogens is 504 g/mol. The van der Waals surface area contributed by atoms with E-state index in [1.54, 1.807) is 48.5 Å². The van der Waals surface area contributed by atoms with E-state index in [0.717, 1.165) is 16.7 Å². The highest BCUT2D eigenvalue weighted by Gasteiger charge is 2.29. The van der Waals surface area contributed by atoms with Crippen molar-refractivity contribution in [2.24, 2.45) is 0 Å². The second-order valence-corrected chi connectivity index (χ2v) is 12.8. The van der Waals surface area contributed by atoms with E-state index in [2.05, 4.69) is 38.2 Å². The van der Waals surface area contributed by atoms with E-state index in [0.29, 0.717) is 11.3 Å². The number of rotatable bonds is 8. The number of sulfonamides is 1. The molecule has 1 atom stereocenters. The number of benzene rings is 4. The Morgan fingerprint density at radius 1 is 0.821 bits per heavy atom. The summed E-state index contributed by atoms with van der Waals surface area (Å²) in [5.41, 5.74) is 4.63. The standard InChI is InChI=1S/C33H36N2O3S/c1-24-15-21-29(22-16-24)39(37,38)35(23-26-11-7-6-8-12-26)31-14-10-9-13-30(31)32(36)34-25(2)27-17-19-28(20-18-27)33(3,4)5/h6-22,25H,23H2,1-5H3,(H,34,36)/t25-/m0/s1. The quantitative estimate of drug-likeness (QED) is 0.257. The Hall–Kier alpha value is -3.90. The second kappa shape index (κ2) is 11.5. The van der Waals surface area contributed by atoms with Gasteiger partial charge in [-0.15, -0.1) is 0 Å². The maximum Gasteiger partial charge on any atom is 0.264 e. The van der Waals surface area contributed by atoms with Gasteiger partial charge in [0.15, 0.2) is 0 Å². The molecule has 202 valence electrons. The fraction of sp³-hybridized carbons (Fsp3) is 0.242. The molecule has 5 nitrogen and oxygen atoms in total. The molecule has 0 saturated heterocycles. The van der Waals surface area contributed by atoms with Crippen LogP contribution in [0, 0.1) is 6.92 Å². The minimum atomic E-state index is -3.97. The molecule has 1 amide bonds. The van der Waals surface area contributed by atoms with Gasteiger partial charge in [-0.25, -0.2) is 8.42 Å². The number of amides is 1. The SMILES string of the molecule is Cc1ccc(S(=O)(=O)N(Cc2ccccc2)c2ccccc2C(=O)N[C@@H](C)c2ccc(C(C)(C)C)cc2)cc1. The van der Waals surface area contributed by atoms with Gasteiger partial charge >= 0.3 is 0 Å². The van der Waals surface area contributed by atoms with Crippen LogP contribution in [0.5, 0.6) is 0 Å². The third-order valence-corrected chi connectivity index (χ3v) is 8.59. The zero-order valence-corrected chi connectivity index (χ0v) is 24.0. The number of anilines is 1. The predicted molar refractivity (Wildman–Crippen MR) is 158 cm³/mol. The molecule has 0 fully saturated rings. The molecule has 4 rings (SSSR count). The van der Waals surface area contributed by atoms with Crippen LogP contribution >= 0.6 is 0 Å². The van der Waals surface area contributed by atoms with Gasteiger partial charge in [0.1, 0.15) is 0 Å². The Morgan fingerprint density at radius 2 is 1.41 bits per heavy atom. The lowest BCUT2D eigenvalue weighted by molar-refractivity contribution is 0.0940. The summed E-state index contributed by atoms with van der Waals surface area (Å²) in [4.78, 5) is 13.8. The third kappa shape index (κ3) is 6.58. The summed E-state index contributed by atoms with van der Waals surface area (Å²) in [5, 5.41) is 3.07. The molecule has 39 heavy (non-hydrogen) atoms. The number of nitrogens with zero attached hydrogens (tertiary/aromatic N) is 1. The van der Waals surface area contributed by atoms with Crippen LogP contribution in [0.4, 0.5) is 5.69 Å². The van der Waals surface area contributed by atoms with Crippen LogP contribution in [0.2, 0.25) is 0 Å². The molecule has 4 aromatic rings. The maximum absolute atomic E-state index is 14.0. The molecule has 0 bridgehead atoms. The molecule has 6 heteroatoms. The summed E-state index contributed by atoms with van der Waals surface area (Å²) in [7, 11) is -3.97. The topological polar surface area (TPSA) is 66.5 Å². The molecular formula is C33H36N2O3S. The van der Waals surface area contributed by atoms with Crippen LogP contribution in [-0.4, -0.2) is 14.3 Å². The van der Waals surface area contributed by atoms with E-state index in [4.69, 9.17) is 0 Å². The fourth-order valence-corrected chi connectivity index (χ4v) is 5.87. The molecule has 4 aromatic carbocycles. The van der Waals surface area contributed by atoms with Crippen molar-refractivity contribution >= 4 is 21.6 Å². The minimum Gasteiger partial charge on any atom is -0.345 e. The van der Waals surface area contributed by atoms with Crippen LogP contribution in [0.25, 0.3) is 0 Å². The van der Waals surface area contributed by atoms with Gasteiger partial charge in [-0.05, 0) is 60.2 Å². The Balaban J connectivity index is 1.69. The number of aryl methyl sites for hydroxylation is 1. The van der Waals surface area contributed by atoms with Gasteiger partial charge in [0.05, 0.1) is 28.7 Å². The minimum absolute atomic E-state index is 0.0368. The van der Waals surface area contributed by atoms with Gasteiger partial charge in [0.2, 0.25) is 0 Å². The zero-order valence-electron chi connectivity index (χ0n) is 23.2. The Labute approximate surface area is 232 Å². The number of carbonyl (C=O) groups is 1. The highest BCUT2D eigenvalue weighted by molar-refractivity contribution is 7.92. The number of hydrogen-bond donors (Lipinski definition) is 1. The highest BCUT2D eigenvalue weighted by atomic mass is 32.2. The lowest BCUT2D eigenvalue weighted by Crippen LogP contribution is -2.34. The predicted octanol–water partition coefficient (Wildman–Crippen LogP) is 7.18. The van der Waals surface area contributed by atoms with Crippen molar-refractivity contribution in [2.75, 3.05) is 4.31 Å². The van der Waals surface area contributed by atoms with Gasteiger partial charge < -0.3 is 5.32 Å².